The van der Waals surface area contributed by atoms with Gasteiger partial charge in [-0.25, -0.2) is 0 Å². The molecule has 0 aromatic heterocycles. The number of hydrogen-bond acceptors (Lipinski definition) is 5. The van der Waals surface area contributed by atoms with Crippen molar-refractivity contribution in [3.05, 3.63) is 69.7 Å². The number of carbonyl (C=O) groups is 2. The van der Waals surface area contributed by atoms with Gasteiger partial charge in [-0.3, -0.25) is 9.59 Å². The summed E-state index contributed by atoms with van der Waals surface area (Å²) in [5, 5.41) is 15.6. The molecule has 2 bridgehead atoms. The van der Waals surface area contributed by atoms with Crippen LogP contribution in [-0.4, -0.2) is 36.6 Å². The summed E-state index contributed by atoms with van der Waals surface area (Å²) in [6.07, 6.45) is 4.86. The molecule has 1 aliphatic carbocycles. The van der Waals surface area contributed by atoms with Crippen LogP contribution < -0.4 is 20.1 Å². The van der Waals surface area contributed by atoms with Gasteiger partial charge in [0.15, 0.2) is 0 Å². The molecule has 5 rings (SSSR count). The Morgan fingerprint density at radius 3 is 2.45 bits per heavy atom. The Labute approximate surface area is 201 Å². The molecular formula is C24H21Cl2N3O4. The largest absolute Gasteiger partial charge is 0.489 e. The Morgan fingerprint density at radius 1 is 1.09 bits per heavy atom. The van der Waals surface area contributed by atoms with Crippen molar-refractivity contribution in [2.45, 2.75) is 30.8 Å². The van der Waals surface area contributed by atoms with E-state index in [4.69, 9.17) is 32.7 Å². The second-order valence-electron chi connectivity index (χ2n) is 7.91. The molecule has 1 fully saturated rings. The van der Waals surface area contributed by atoms with Crippen molar-refractivity contribution in [3.8, 4) is 17.6 Å². The summed E-state index contributed by atoms with van der Waals surface area (Å²) in [5.74, 6) is -0.135. The third kappa shape index (κ3) is 5.59. The van der Waals surface area contributed by atoms with Crippen molar-refractivity contribution in [2.75, 3.05) is 13.2 Å². The second-order valence-corrected chi connectivity index (χ2v) is 8.76. The third-order valence-electron chi connectivity index (χ3n) is 5.41. The third-order valence-corrected chi connectivity index (χ3v) is 5.94. The minimum Gasteiger partial charge on any atom is -0.489 e. The van der Waals surface area contributed by atoms with Crippen LogP contribution >= 0.6 is 23.2 Å². The summed E-state index contributed by atoms with van der Waals surface area (Å²) in [6.45, 7) is 0.490. The molecule has 2 aromatic rings. The average molecular weight is 486 g/mol. The fourth-order valence-corrected chi connectivity index (χ4v) is 3.83. The fourth-order valence-electron chi connectivity index (χ4n) is 3.40. The number of nitrogens with one attached hydrogen (secondary N) is 2. The van der Waals surface area contributed by atoms with Crippen LogP contribution in [0.3, 0.4) is 0 Å². The number of benzene rings is 2. The predicted octanol–water partition coefficient (Wildman–Crippen LogP) is 3.83. The van der Waals surface area contributed by atoms with Crippen molar-refractivity contribution in [1.82, 2.24) is 10.6 Å². The Morgan fingerprint density at radius 2 is 1.79 bits per heavy atom. The van der Waals surface area contributed by atoms with Gasteiger partial charge in [0.25, 0.3) is 5.91 Å². The van der Waals surface area contributed by atoms with E-state index in [1.54, 1.807) is 42.5 Å². The van der Waals surface area contributed by atoms with E-state index in [1.165, 1.54) is 6.07 Å². The van der Waals surface area contributed by atoms with Gasteiger partial charge in [0.2, 0.25) is 5.91 Å². The molecule has 2 N–H and O–H groups in total. The summed E-state index contributed by atoms with van der Waals surface area (Å²) in [5.41, 5.74) is 0.0509. The number of carbonyl (C=O) groups excluding carboxylic acids is 2. The zero-order valence-electron chi connectivity index (χ0n) is 17.6. The summed E-state index contributed by atoms with van der Waals surface area (Å²) in [4.78, 5) is 26.2. The van der Waals surface area contributed by atoms with E-state index in [2.05, 4.69) is 16.7 Å². The molecule has 0 unspecified atom stereocenters. The number of halogens is 2. The minimum absolute atomic E-state index is 0.162. The average Bonchev–Trinajstić information content (AvgIpc) is 3.56. The van der Waals surface area contributed by atoms with Crippen molar-refractivity contribution in [3.63, 3.8) is 0 Å². The highest BCUT2D eigenvalue weighted by Crippen LogP contribution is 2.34. The highest BCUT2D eigenvalue weighted by Gasteiger charge is 2.45. The molecule has 2 amide bonds. The normalized spacial score (nSPS) is 20.3. The molecule has 1 saturated carbocycles. The van der Waals surface area contributed by atoms with E-state index in [1.807, 2.05) is 0 Å². The van der Waals surface area contributed by atoms with Gasteiger partial charge in [-0.2, -0.15) is 5.26 Å². The standard InChI is InChI=1S/C24H21Cl2N3O4/c25-16-4-6-20-17(13-16)22(30)28-19(23(31)29-24(14-27)7-8-24)12-15-3-5-21(18(26)11-15)33-10-2-1-9-32-20/h1-6,11,13,19H,7-10,12H2,(H,28,30)(H,29,31)/b2-1+/t19-/m0/s1. The lowest BCUT2D eigenvalue weighted by molar-refractivity contribution is -0.123. The quantitative estimate of drug-likeness (QED) is 0.629. The topological polar surface area (TPSA) is 100 Å². The number of ether oxygens (including phenoxy) is 2. The first-order valence-electron chi connectivity index (χ1n) is 10.4. The van der Waals surface area contributed by atoms with Gasteiger partial charge in [-0.1, -0.05) is 29.3 Å². The zero-order valence-corrected chi connectivity index (χ0v) is 19.1. The lowest BCUT2D eigenvalue weighted by Crippen LogP contribution is -2.51. The molecule has 2 aliphatic heterocycles. The Kier molecular flexibility index (Phi) is 6.77. The number of fused-ring (bicyclic) bond motifs is 9. The summed E-state index contributed by atoms with van der Waals surface area (Å²) in [6, 6.07) is 11.1. The lowest BCUT2D eigenvalue weighted by Gasteiger charge is -2.21. The van der Waals surface area contributed by atoms with Gasteiger partial charge in [0, 0.05) is 11.4 Å². The number of nitrogens with zero attached hydrogens (tertiary/aromatic N) is 1. The van der Waals surface area contributed by atoms with Crippen LogP contribution in [0, 0.1) is 11.3 Å². The van der Waals surface area contributed by atoms with Crippen molar-refractivity contribution >= 4 is 35.0 Å². The van der Waals surface area contributed by atoms with Crippen molar-refractivity contribution in [1.29, 1.82) is 5.26 Å². The van der Waals surface area contributed by atoms with E-state index in [0.29, 0.717) is 34.4 Å². The smallest absolute Gasteiger partial charge is 0.255 e. The molecule has 1 atom stereocenters. The molecule has 0 spiro atoms. The van der Waals surface area contributed by atoms with Crippen LogP contribution in [0.4, 0.5) is 0 Å². The summed E-state index contributed by atoms with van der Waals surface area (Å²) < 4.78 is 11.4. The molecule has 170 valence electrons. The monoisotopic (exact) mass is 485 g/mol. The van der Waals surface area contributed by atoms with Crippen LogP contribution in [-0.2, 0) is 11.2 Å². The van der Waals surface area contributed by atoms with Gasteiger partial charge in [-0.15, -0.1) is 0 Å². The number of amides is 2. The van der Waals surface area contributed by atoms with Crippen molar-refractivity contribution in [2.24, 2.45) is 0 Å². The molecule has 2 aromatic carbocycles. The Hall–Kier alpha value is -3.21. The fraction of sp³-hybridized carbons (Fsp3) is 0.292. The van der Waals surface area contributed by atoms with Crippen LogP contribution in [0.15, 0.2) is 48.6 Å². The first-order valence-corrected chi connectivity index (χ1v) is 11.2. The van der Waals surface area contributed by atoms with Crippen molar-refractivity contribution < 1.29 is 19.1 Å². The van der Waals surface area contributed by atoms with E-state index in [9.17, 15) is 14.9 Å². The molecule has 0 radical (unpaired) electrons. The maximum atomic E-state index is 13.2. The van der Waals surface area contributed by atoms with Gasteiger partial charge < -0.3 is 20.1 Å². The Balaban J connectivity index is 1.67. The van der Waals surface area contributed by atoms with E-state index >= 15 is 0 Å². The van der Waals surface area contributed by atoms with Crippen LogP contribution in [0.1, 0.15) is 28.8 Å². The first kappa shape index (κ1) is 23.0. The number of nitriles is 1. The van der Waals surface area contributed by atoms with Gasteiger partial charge in [-0.05, 0) is 60.9 Å². The molecule has 2 heterocycles. The first-order chi connectivity index (χ1) is 15.9. The number of rotatable bonds is 2. The van der Waals surface area contributed by atoms with Gasteiger partial charge in [0.1, 0.15) is 36.3 Å². The molecule has 3 aliphatic rings. The minimum atomic E-state index is -0.953. The SMILES string of the molecule is N#CC1(NC(=O)[C@@H]2Cc3ccc(c(Cl)c3)OC/C=C/COc3ccc(Cl)cc3C(=O)N2)CC1. The van der Waals surface area contributed by atoms with Gasteiger partial charge >= 0.3 is 0 Å². The highest BCUT2D eigenvalue weighted by molar-refractivity contribution is 6.32. The van der Waals surface area contributed by atoms with Crippen LogP contribution in [0.25, 0.3) is 0 Å². The van der Waals surface area contributed by atoms with E-state index in [-0.39, 0.29) is 25.2 Å². The number of hydrogen-bond donors (Lipinski definition) is 2. The second kappa shape index (κ2) is 9.74. The van der Waals surface area contributed by atoms with E-state index in [0.717, 1.165) is 5.56 Å². The maximum absolute atomic E-state index is 13.2. The summed E-state index contributed by atoms with van der Waals surface area (Å²) in [7, 11) is 0. The summed E-state index contributed by atoms with van der Waals surface area (Å²) >= 11 is 12.5. The molecule has 9 heteroatoms. The van der Waals surface area contributed by atoms with Crippen LogP contribution in [0.5, 0.6) is 11.5 Å². The molecule has 0 saturated heterocycles. The molecule has 33 heavy (non-hydrogen) atoms. The Bertz CT molecular complexity index is 1150. The van der Waals surface area contributed by atoms with Crippen LogP contribution in [0.2, 0.25) is 10.0 Å². The highest BCUT2D eigenvalue weighted by atomic mass is 35.5. The molecule has 7 nitrogen and oxygen atoms in total. The molecular weight excluding hydrogens is 465 g/mol. The van der Waals surface area contributed by atoms with Gasteiger partial charge in [0.05, 0.1) is 16.7 Å². The zero-order chi connectivity index (χ0) is 23.4. The van der Waals surface area contributed by atoms with E-state index < -0.39 is 23.4 Å². The predicted molar refractivity (Wildman–Crippen MR) is 124 cm³/mol. The maximum Gasteiger partial charge on any atom is 0.255 e. The lowest BCUT2D eigenvalue weighted by atomic mass is 10.0.